The van der Waals surface area contributed by atoms with Gasteiger partial charge in [0.1, 0.15) is 5.70 Å². The molecule has 4 rings (SSSR count). The van der Waals surface area contributed by atoms with Gasteiger partial charge in [0.05, 0.1) is 5.25 Å². The summed E-state index contributed by atoms with van der Waals surface area (Å²) in [5.41, 5.74) is 2.93. The van der Waals surface area contributed by atoms with Crippen LogP contribution in [-0.4, -0.2) is 28.0 Å². The van der Waals surface area contributed by atoms with Gasteiger partial charge in [-0.1, -0.05) is 42.5 Å². The van der Waals surface area contributed by atoms with Gasteiger partial charge in [-0.2, -0.15) is 0 Å². The molecular formula is C29H26N4O3S2. The maximum atomic E-state index is 13.2. The van der Waals surface area contributed by atoms with Crippen molar-refractivity contribution in [1.82, 2.24) is 10.3 Å². The summed E-state index contributed by atoms with van der Waals surface area (Å²) in [6.07, 6.45) is 3.30. The zero-order valence-electron chi connectivity index (χ0n) is 20.8. The number of carbonyl (C=O) groups excluding carboxylic acids is 3. The van der Waals surface area contributed by atoms with Crippen LogP contribution in [0.4, 0.5) is 10.8 Å². The Morgan fingerprint density at radius 3 is 2.32 bits per heavy atom. The Hall–Kier alpha value is -4.21. The third kappa shape index (κ3) is 7.41. The van der Waals surface area contributed by atoms with Crippen molar-refractivity contribution in [2.75, 3.05) is 10.6 Å². The first-order chi connectivity index (χ1) is 18.4. The van der Waals surface area contributed by atoms with Crippen LogP contribution < -0.4 is 16.0 Å². The van der Waals surface area contributed by atoms with Gasteiger partial charge >= 0.3 is 0 Å². The van der Waals surface area contributed by atoms with Crippen molar-refractivity contribution in [3.63, 3.8) is 0 Å². The Morgan fingerprint density at radius 1 is 0.921 bits per heavy atom. The zero-order chi connectivity index (χ0) is 26.9. The molecule has 0 saturated heterocycles. The quantitative estimate of drug-likeness (QED) is 0.178. The van der Waals surface area contributed by atoms with E-state index in [1.54, 1.807) is 54.1 Å². The lowest BCUT2D eigenvalue weighted by Crippen LogP contribution is -2.30. The van der Waals surface area contributed by atoms with Crippen LogP contribution in [0.15, 0.2) is 101 Å². The van der Waals surface area contributed by atoms with Gasteiger partial charge in [-0.3, -0.25) is 14.4 Å². The molecule has 3 aromatic carbocycles. The number of aryl methyl sites for hydroxylation is 1. The average molecular weight is 543 g/mol. The number of rotatable bonds is 9. The molecule has 3 N–H and O–H groups in total. The SMILES string of the molecule is Cc1ccccc1/C=C(\NC(=O)c1ccccc1)C(=O)Nc1ccc(SC(C)C(=O)Nc2nccs2)cc1. The van der Waals surface area contributed by atoms with Gasteiger partial charge in [0.15, 0.2) is 5.13 Å². The molecule has 9 heteroatoms. The van der Waals surface area contributed by atoms with Crippen LogP contribution in [0.25, 0.3) is 6.08 Å². The third-order valence-corrected chi connectivity index (χ3v) is 7.27. The summed E-state index contributed by atoms with van der Waals surface area (Å²) in [5.74, 6) is -0.964. The van der Waals surface area contributed by atoms with Gasteiger partial charge in [-0.05, 0) is 67.4 Å². The summed E-state index contributed by atoms with van der Waals surface area (Å²) >= 11 is 2.77. The molecule has 7 nitrogen and oxygen atoms in total. The maximum absolute atomic E-state index is 13.2. The van der Waals surface area contributed by atoms with Crippen LogP contribution in [0.3, 0.4) is 0 Å². The summed E-state index contributed by atoms with van der Waals surface area (Å²) < 4.78 is 0. The molecule has 0 aliphatic carbocycles. The molecule has 1 heterocycles. The highest BCUT2D eigenvalue weighted by atomic mass is 32.2. The second-order valence-electron chi connectivity index (χ2n) is 8.30. The van der Waals surface area contributed by atoms with Gasteiger partial charge in [0.2, 0.25) is 5.91 Å². The molecular weight excluding hydrogens is 516 g/mol. The summed E-state index contributed by atoms with van der Waals surface area (Å²) in [6, 6.07) is 23.5. The van der Waals surface area contributed by atoms with Crippen LogP contribution in [0, 0.1) is 6.92 Å². The number of carbonyl (C=O) groups is 3. The van der Waals surface area contributed by atoms with Gasteiger partial charge in [-0.25, -0.2) is 4.98 Å². The van der Waals surface area contributed by atoms with E-state index in [9.17, 15) is 14.4 Å². The lowest BCUT2D eigenvalue weighted by atomic mass is 10.1. The van der Waals surface area contributed by atoms with Gasteiger partial charge in [0.25, 0.3) is 11.8 Å². The highest BCUT2D eigenvalue weighted by Crippen LogP contribution is 2.26. The number of thioether (sulfide) groups is 1. The standard InChI is InChI=1S/C29H26N4O3S2/c1-19-8-6-7-11-22(19)18-25(32-27(35)21-9-4-3-5-10-21)28(36)31-23-12-14-24(15-13-23)38-20(2)26(34)33-29-30-16-17-37-29/h3-18,20H,1-2H3,(H,31,36)(H,32,35)(H,30,33,34)/b25-18-. The number of nitrogens with zero attached hydrogens (tertiary/aromatic N) is 1. The second-order valence-corrected chi connectivity index (χ2v) is 10.6. The van der Waals surface area contributed by atoms with Gasteiger partial charge < -0.3 is 16.0 Å². The molecule has 0 aliphatic rings. The predicted molar refractivity (Wildman–Crippen MR) is 154 cm³/mol. The van der Waals surface area contributed by atoms with E-state index < -0.39 is 5.91 Å². The first-order valence-corrected chi connectivity index (χ1v) is 13.6. The van der Waals surface area contributed by atoms with E-state index in [1.165, 1.54) is 23.1 Å². The number of thiazole rings is 1. The van der Waals surface area contributed by atoms with Crippen molar-refractivity contribution in [2.24, 2.45) is 0 Å². The minimum atomic E-state index is -0.450. The number of anilines is 2. The average Bonchev–Trinajstić information content (AvgIpc) is 3.44. The fraction of sp³-hybridized carbons (Fsp3) is 0.103. The van der Waals surface area contributed by atoms with Crippen LogP contribution in [0.5, 0.6) is 0 Å². The highest BCUT2D eigenvalue weighted by molar-refractivity contribution is 8.00. The topological polar surface area (TPSA) is 100 Å². The Labute approximate surface area is 229 Å². The second kappa shape index (κ2) is 12.8. The molecule has 0 aliphatic heterocycles. The van der Waals surface area contributed by atoms with E-state index in [-0.39, 0.29) is 22.8 Å². The Morgan fingerprint density at radius 2 is 1.63 bits per heavy atom. The van der Waals surface area contributed by atoms with Crippen molar-refractivity contribution in [3.05, 3.63) is 113 Å². The molecule has 1 atom stereocenters. The van der Waals surface area contributed by atoms with Gasteiger partial charge in [0, 0.05) is 27.7 Å². The fourth-order valence-electron chi connectivity index (χ4n) is 3.41. The molecule has 0 bridgehead atoms. The molecule has 38 heavy (non-hydrogen) atoms. The van der Waals surface area contributed by atoms with Crippen molar-refractivity contribution >= 4 is 57.7 Å². The van der Waals surface area contributed by atoms with Crippen LogP contribution in [0.1, 0.15) is 28.4 Å². The molecule has 3 amide bonds. The Kier molecular flexibility index (Phi) is 9.07. The number of nitrogens with one attached hydrogen (secondary N) is 3. The molecule has 0 saturated carbocycles. The first-order valence-electron chi connectivity index (χ1n) is 11.8. The lowest BCUT2D eigenvalue weighted by Gasteiger charge is -2.13. The third-order valence-electron chi connectivity index (χ3n) is 5.47. The molecule has 1 aromatic heterocycles. The summed E-state index contributed by atoms with van der Waals surface area (Å²) in [5, 5.41) is 10.4. The highest BCUT2D eigenvalue weighted by Gasteiger charge is 2.17. The predicted octanol–water partition coefficient (Wildman–Crippen LogP) is 5.98. The molecule has 1 unspecified atom stereocenters. The Bertz CT molecular complexity index is 1440. The number of aromatic nitrogens is 1. The van der Waals surface area contributed by atoms with E-state index in [0.717, 1.165) is 16.0 Å². The normalized spacial score (nSPS) is 11.9. The molecule has 192 valence electrons. The molecule has 0 radical (unpaired) electrons. The smallest absolute Gasteiger partial charge is 0.272 e. The van der Waals surface area contributed by atoms with Crippen LogP contribution >= 0.6 is 23.1 Å². The monoisotopic (exact) mass is 542 g/mol. The molecule has 4 aromatic rings. The molecule has 0 spiro atoms. The minimum absolute atomic E-state index is 0.124. The van der Waals surface area contributed by atoms with Crippen molar-refractivity contribution in [1.29, 1.82) is 0 Å². The zero-order valence-corrected chi connectivity index (χ0v) is 22.4. The summed E-state index contributed by atoms with van der Waals surface area (Å²) in [4.78, 5) is 43.4. The van der Waals surface area contributed by atoms with E-state index in [0.29, 0.717) is 16.4 Å². The maximum Gasteiger partial charge on any atom is 0.272 e. The largest absolute Gasteiger partial charge is 0.321 e. The first kappa shape index (κ1) is 26.8. The van der Waals surface area contributed by atoms with Crippen LogP contribution in [0.2, 0.25) is 0 Å². The number of amides is 3. The van der Waals surface area contributed by atoms with E-state index in [4.69, 9.17) is 0 Å². The number of hydrogen-bond acceptors (Lipinski definition) is 6. The van der Waals surface area contributed by atoms with E-state index in [2.05, 4.69) is 20.9 Å². The summed E-state index contributed by atoms with van der Waals surface area (Å²) in [6.45, 7) is 3.76. The van der Waals surface area contributed by atoms with E-state index >= 15 is 0 Å². The van der Waals surface area contributed by atoms with Crippen molar-refractivity contribution < 1.29 is 14.4 Å². The lowest BCUT2D eigenvalue weighted by molar-refractivity contribution is -0.115. The summed E-state index contributed by atoms with van der Waals surface area (Å²) in [7, 11) is 0. The van der Waals surface area contributed by atoms with Gasteiger partial charge in [-0.15, -0.1) is 23.1 Å². The number of benzene rings is 3. The fourth-order valence-corrected chi connectivity index (χ4v) is 4.81. The van der Waals surface area contributed by atoms with Crippen molar-refractivity contribution in [3.8, 4) is 0 Å². The minimum Gasteiger partial charge on any atom is -0.321 e. The Balaban J connectivity index is 1.45. The number of hydrogen-bond donors (Lipinski definition) is 3. The molecule has 0 fully saturated rings. The van der Waals surface area contributed by atoms with Crippen LogP contribution in [-0.2, 0) is 9.59 Å². The van der Waals surface area contributed by atoms with Crippen molar-refractivity contribution in [2.45, 2.75) is 24.0 Å². The van der Waals surface area contributed by atoms with E-state index in [1.807, 2.05) is 56.3 Å².